The summed E-state index contributed by atoms with van der Waals surface area (Å²) in [5.41, 5.74) is 1.94. The van der Waals surface area contributed by atoms with Gasteiger partial charge in [0.15, 0.2) is 5.78 Å². The molecule has 1 unspecified atom stereocenters. The third kappa shape index (κ3) is 5.40. The first-order valence-electron chi connectivity index (χ1n) is 9.16. The Labute approximate surface area is 163 Å². The average molecular weight is 388 g/mol. The molecule has 144 valence electrons. The Morgan fingerprint density at radius 1 is 1.26 bits per heavy atom. The smallest absolute Gasteiger partial charge is 0.227 e. The lowest BCUT2D eigenvalue weighted by molar-refractivity contribution is -0.132. The van der Waals surface area contributed by atoms with E-state index < -0.39 is 0 Å². The highest BCUT2D eigenvalue weighted by molar-refractivity contribution is 7.12. The van der Waals surface area contributed by atoms with E-state index in [1.807, 2.05) is 40.6 Å². The van der Waals surface area contributed by atoms with Crippen molar-refractivity contribution in [2.75, 3.05) is 20.3 Å². The van der Waals surface area contributed by atoms with Gasteiger partial charge in [-0.25, -0.2) is 0 Å². The first-order chi connectivity index (χ1) is 13.0. The molecular weight excluding hydrogens is 362 g/mol. The number of hydrogen-bond donors (Lipinski definition) is 0. The number of hydrogen-bond acceptors (Lipinski definition) is 5. The summed E-state index contributed by atoms with van der Waals surface area (Å²) in [4.78, 5) is 27.0. The number of carbonyl (C=O) groups excluding carboxylic acids is 2. The molecular formula is C21H25NO4S. The van der Waals surface area contributed by atoms with Crippen LogP contribution in [0.25, 0.3) is 0 Å². The van der Waals surface area contributed by atoms with E-state index in [9.17, 15) is 9.59 Å². The molecule has 0 saturated carbocycles. The van der Waals surface area contributed by atoms with E-state index in [0.717, 1.165) is 36.3 Å². The predicted octanol–water partition coefficient (Wildman–Crippen LogP) is 3.71. The molecule has 2 heterocycles. The number of ether oxygens (including phenoxy) is 2. The van der Waals surface area contributed by atoms with Crippen molar-refractivity contribution >= 4 is 23.0 Å². The molecule has 1 amide bonds. The van der Waals surface area contributed by atoms with Crippen LogP contribution in [0.1, 0.15) is 40.6 Å². The van der Waals surface area contributed by atoms with Crippen LogP contribution in [0, 0.1) is 0 Å². The third-order valence-electron chi connectivity index (χ3n) is 4.69. The van der Waals surface area contributed by atoms with E-state index in [1.165, 1.54) is 11.3 Å². The van der Waals surface area contributed by atoms with Crippen LogP contribution < -0.4 is 4.74 Å². The van der Waals surface area contributed by atoms with Gasteiger partial charge in [0.2, 0.25) is 5.91 Å². The van der Waals surface area contributed by atoms with Crippen molar-refractivity contribution in [2.45, 2.75) is 38.8 Å². The van der Waals surface area contributed by atoms with E-state index in [0.29, 0.717) is 24.4 Å². The zero-order chi connectivity index (χ0) is 19.2. The van der Waals surface area contributed by atoms with Gasteiger partial charge in [-0.1, -0.05) is 12.1 Å². The first kappa shape index (κ1) is 19.6. The van der Waals surface area contributed by atoms with Crippen molar-refractivity contribution in [3.63, 3.8) is 0 Å². The molecule has 1 fully saturated rings. The molecule has 6 heteroatoms. The minimum atomic E-state index is 0.0353. The number of amides is 1. The Bertz CT molecular complexity index is 778. The monoisotopic (exact) mass is 387 g/mol. The molecule has 1 aromatic heterocycles. The second-order valence-corrected chi connectivity index (χ2v) is 7.72. The highest BCUT2D eigenvalue weighted by Gasteiger charge is 2.23. The Kier molecular flexibility index (Phi) is 6.63. The standard InChI is InChI=1S/C21H25NO4S/c1-15(23)20-10-17(14-27-20)11-21(24)22(13-19-4-3-9-26-19)12-16-5-7-18(25-2)8-6-16/h5-8,10,14,19H,3-4,9,11-13H2,1-2H3. The molecule has 3 rings (SSSR count). The van der Waals surface area contributed by atoms with Crippen molar-refractivity contribution in [2.24, 2.45) is 0 Å². The van der Waals surface area contributed by atoms with Gasteiger partial charge in [0.05, 0.1) is 24.5 Å². The number of benzene rings is 1. The molecule has 27 heavy (non-hydrogen) atoms. The third-order valence-corrected chi connectivity index (χ3v) is 5.77. The first-order valence-corrected chi connectivity index (χ1v) is 10.0. The SMILES string of the molecule is COc1ccc(CN(CC2CCCO2)C(=O)Cc2csc(C(C)=O)c2)cc1. The lowest BCUT2D eigenvalue weighted by Gasteiger charge is -2.25. The zero-order valence-electron chi connectivity index (χ0n) is 15.8. The molecule has 1 aliphatic heterocycles. The van der Waals surface area contributed by atoms with Gasteiger partial charge in [0.25, 0.3) is 0 Å². The van der Waals surface area contributed by atoms with Gasteiger partial charge in [-0.05, 0) is 54.5 Å². The van der Waals surface area contributed by atoms with Gasteiger partial charge in [-0.2, -0.15) is 0 Å². The van der Waals surface area contributed by atoms with E-state index in [4.69, 9.17) is 9.47 Å². The Morgan fingerprint density at radius 2 is 2.04 bits per heavy atom. The molecule has 1 aromatic carbocycles. The summed E-state index contributed by atoms with van der Waals surface area (Å²) in [6.07, 6.45) is 2.43. The maximum Gasteiger partial charge on any atom is 0.227 e. The van der Waals surface area contributed by atoms with Crippen molar-refractivity contribution in [3.8, 4) is 5.75 Å². The summed E-state index contributed by atoms with van der Waals surface area (Å²) in [5.74, 6) is 0.883. The van der Waals surface area contributed by atoms with E-state index >= 15 is 0 Å². The number of thiophene rings is 1. The molecule has 0 spiro atoms. The van der Waals surface area contributed by atoms with Crippen LogP contribution in [-0.4, -0.2) is 43.0 Å². The van der Waals surface area contributed by atoms with Crippen LogP contribution in [0.3, 0.4) is 0 Å². The van der Waals surface area contributed by atoms with Gasteiger partial charge >= 0.3 is 0 Å². The summed E-state index contributed by atoms with van der Waals surface area (Å²) >= 11 is 1.39. The van der Waals surface area contributed by atoms with Crippen LogP contribution in [0.15, 0.2) is 35.7 Å². The summed E-state index contributed by atoms with van der Waals surface area (Å²) in [6.45, 7) is 3.44. The maximum absolute atomic E-state index is 13.0. The van der Waals surface area contributed by atoms with Gasteiger partial charge in [0.1, 0.15) is 5.75 Å². The average Bonchev–Trinajstić information content (AvgIpc) is 3.34. The second-order valence-electron chi connectivity index (χ2n) is 6.81. The summed E-state index contributed by atoms with van der Waals surface area (Å²) < 4.78 is 10.9. The molecule has 5 nitrogen and oxygen atoms in total. The number of Topliss-reactive ketones (excluding diaryl/α,β-unsaturated/α-hetero) is 1. The van der Waals surface area contributed by atoms with Crippen molar-refractivity contribution in [1.29, 1.82) is 0 Å². The Hall–Kier alpha value is -2.18. The highest BCUT2D eigenvalue weighted by Crippen LogP contribution is 2.20. The fraction of sp³-hybridized carbons (Fsp3) is 0.429. The normalized spacial score (nSPS) is 16.3. The molecule has 1 saturated heterocycles. The fourth-order valence-electron chi connectivity index (χ4n) is 3.18. The fourth-order valence-corrected chi connectivity index (χ4v) is 3.99. The second kappa shape index (κ2) is 9.15. The van der Waals surface area contributed by atoms with Crippen LogP contribution in [0.2, 0.25) is 0 Å². The molecule has 1 aliphatic rings. The number of ketones is 1. The lowest BCUT2D eigenvalue weighted by Crippen LogP contribution is -2.37. The quantitative estimate of drug-likeness (QED) is 0.648. The van der Waals surface area contributed by atoms with Gasteiger partial charge < -0.3 is 14.4 Å². The molecule has 1 atom stereocenters. The summed E-state index contributed by atoms with van der Waals surface area (Å²) in [5, 5.41) is 1.90. The Morgan fingerprint density at radius 3 is 2.63 bits per heavy atom. The minimum Gasteiger partial charge on any atom is -0.497 e. The zero-order valence-corrected chi connectivity index (χ0v) is 16.6. The van der Waals surface area contributed by atoms with Gasteiger partial charge in [-0.3, -0.25) is 9.59 Å². The highest BCUT2D eigenvalue weighted by atomic mass is 32.1. The number of methoxy groups -OCH3 is 1. The number of carbonyl (C=O) groups is 2. The molecule has 0 radical (unpaired) electrons. The predicted molar refractivity (Wildman–Crippen MR) is 105 cm³/mol. The van der Waals surface area contributed by atoms with E-state index in [2.05, 4.69) is 0 Å². The van der Waals surface area contributed by atoms with Crippen molar-refractivity contribution in [1.82, 2.24) is 4.90 Å². The van der Waals surface area contributed by atoms with Gasteiger partial charge in [-0.15, -0.1) is 11.3 Å². The number of rotatable bonds is 8. The summed E-state index contributed by atoms with van der Waals surface area (Å²) in [7, 11) is 1.64. The molecule has 0 bridgehead atoms. The molecule has 0 N–H and O–H groups in total. The van der Waals surface area contributed by atoms with E-state index in [-0.39, 0.29) is 17.8 Å². The van der Waals surface area contributed by atoms with E-state index in [1.54, 1.807) is 14.0 Å². The molecule has 2 aromatic rings. The lowest BCUT2D eigenvalue weighted by atomic mass is 10.1. The Balaban J connectivity index is 1.70. The maximum atomic E-state index is 13.0. The van der Waals surface area contributed by atoms with Crippen molar-refractivity contribution < 1.29 is 19.1 Å². The summed E-state index contributed by atoms with van der Waals surface area (Å²) in [6, 6.07) is 9.59. The van der Waals surface area contributed by atoms with Crippen LogP contribution in [-0.2, 0) is 22.5 Å². The minimum absolute atomic E-state index is 0.0353. The van der Waals surface area contributed by atoms with Crippen LogP contribution in [0.4, 0.5) is 0 Å². The molecule has 0 aliphatic carbocycles. The van der Waals surface area contributed by atoms with Crippen molar-refractivity contribution in [3.05, 3.63) is 51.7 Å². The van der Waals surface area contributed by atoms with Crippen LogP contribution >= 0.6 is 11.3 Å². The largest absolute Gasteiger partial charge is 0.497 e. The van der Waals surface area contributed by atoms with Crippen LogP contribution in [0.5, 0.6) is 5.75 Å². The number of nitrogens with zero attached hydrogens (tertiary/aromatic N) is 1. The van der Waals surface area contributed by atoms with Gasteiger partial charge in [0, 0.05) is 19.7 Å². The topological polar surface area (TPSA) is 55.8 Å².